The standard InChI is InChI=1S/C12H20N4O/c1-17-7-8-2-4-9(5-3-8)10-6-15-11(13)12(14)16-10/h6,8-9H,2-5,7H2,1H3,(H2,13,15)(H2,14,16). The fraction of sp³-hybridized carbons (Fsp3) is 0.667. The molecule has 0 bridgehead atoms. The van der Waals surface area contributed by atoms with Crippen LogP contribution in [-0.4, -0.2) is 23.7 Å². The molecular weight excluding hydrogens is 216 g/mol. The topological polar surface area (TPSA) is 87.0 Å². The Morgan fingerprint density at radius 3 is 2.53 bits per heavy atom. The molecule has 1 saturated carbocycles. The van der Waals surface area contributed by atoms with Crippen LogP contribution in [0.25, 0.3) is 0 Å². The minimum atomic E-state index is 0.321. The van der Waals surface area contributed by atoms with Crippen LogP contribution in [0.2, 0.25) is 0 Å². The van der Waals surface area contributed by atoms with Crippen molar-refractivity contribution in [3.63, 3.8) is 0 Å². The number of hydrogen-bond donors (Lipinski definition) is 2. The first kappa shape index (κ1) is 12.1. The highest BCUT2D eigenvalue weighted by Gasteiger charge is 2.23. The van der Waals surface area contributed by atoms with Crippen LogP contribution in [0.1, 0.15) is 37.3 Å². The van der Waals surface area contributed by atoms with Crippen molar-refractivity contribution in [2.75, 3.05) is 25.2 Å². The van der Waals surface area contributed by atoms with Crippen molar-refractivity contribution >= 4 is 11.6 Å². The molecule has 1 aliphatic rings. The summed E-state index contributed by atoms with van der Waals surface area (Å²) in [5, 5.41) is 0. The molecule has 0 atom stereocenters. The monoisotopic (exact) mass is 236 g/mol. The van der Waals surface area contributed by atoms with Crippen LogP contribution in [0.4, 0.5) is 11.6 Å². The van der Waals surface area contributed by atoms with E-state index < -0.39 is 0 Å². The van der Waals surface area contributed by atoms with Crippen LogP contribution in [0.15, 0.2) is 6.20 Å². The lowest BCUT2D eigenvalue weighted by Gasteiger charge is -2.27. The van der Waals surface area contributed by atoms with E-state index in [0.29, 0.717) is 23.5 Å². The number of nitrogens with two attached hydrogens (primary N) is 2. The summed E-state index contributed by atoms with van der Waals surface area (Å²) in [5.41, 5.74) is 12.2. The molecule has 0 radical (unpaired) electrons. The summed E-state index contributed by atoms with van der Waals surface area (Å²) in [7, 11) is 1.76. The summed E-state index contributed by atoms with van der Waals surface area (Å²) < 4.78 is 5.19. The Kier molecular flexibility index (Phi) is 3.78. The number of methoxy groups -OCH3 is 1. The van der Waals surface area contributed by atoms with Crippen molar-refractivity contribution in [2.24, 2.45) is 5.92 Å². The molecule has 0 saturated heterocycles. The zero-order valence-corrected chi connectivity index (χ0v) is 10.2. The van der Waals surface area contributed by atoms with Gasteiger partial charge in [0.2, 0.25) is 0 Å². The predicted octanol–water partition coefficient (Wildman–Crippen LogP) is 1.56. The Balaban J connectivity index is 1.98. The van der Waals surface area contributed by atoms with Gasteiger partial charge < -0.3 is 16.2 Å². The maximum atomic E-state index is 5.68. The van der Waals surface area contributed by atoms with E-state index in [-0.39, 0.29) is 0 Å². The molecule has 1 fully saturated rings. The highest BCUT2D eigenvalue weighted by molar-refractivity contribution is 5.51. The summed E-state index contributed by atoms with van der Waals surface area (Å²) in [5.74, 6) is 1.83. The van der Waals surface area contributed by atoms with Gasteiger partial charge in [0.05, 0.1) is 11.9 Å². The van der Waals surface area contributed by atoms with Crippen LogP contribution in [-0.2, 0) is 4.74 Å². The molecule has 2 rings (SSSR count). The Morgan fingerprint density at radius 1 is 1.24 bits per heavy atom. The third kappa shape index (κ3) is 2.85. The largest absolute Gasteiger partial charge is 0.384 e. The Bertz CT molecular complexity index is 375. The van der Waals surface area contributed by atoms with E-state index in [9.17, 15) is 0 Å². The van der Waals surface area contributed by atoms with E-state index in [1.807, 2.05) is 0 Å². The SMILES string of the molecule is COCC1CCC(c2cnc(N)c(N)n2)CC1. The van der Waals surface area contributed by atoms with Gasteiger partial charge in [0, 0.05) is 19.6 Å². The van der Waals surface area contributed by atoms with Crippen molar-refractivity contribution in [3.05, 3.63) is 11.9 Å². The Morgan fingerprint density at radius 2 is 1.94 bits per heavy atom. The van der Waals surface area contributed by atoms with Gasteiger partial charge in [0.25, 0.3) is 0 Å². The zero-order valence-electron chi connectivity index (χ0n) is 10.2. The molecular formula is C12H20N4O. The first-order chi connectivity index (χ1) is 8.20. The Hall–Kier alpha value is -1.36. The minimum Gasteiger partial charge on any atom is -0.384 e. The van der Waals surface area contributed by atoms with E-state index >= 15 is 0 Å². The van der Waals surface area contributed by atoms with Crippen molar-refractivity contribution in [2.45, 2.75) is 31.6 Å². The molecule has 1 aromatic rings. The molecule has 0 spiro atoms. The first-order valence-corrected chi connectivity index (χ1v) is 6.07. The van der Waals surface area contributed by atoms with Crippen LogP contribution >= 0.6 is 0 Å². The molecule has 94 valence electrons. The van der Waals surface area contributed by atoms with Gasteiger partial charge in [0.15, 0.2) is 11.6 Å². The van der Waals surface area contributed by atoms with Gasteiger partial charge in [-0.15, -0.1) is 0 Å². The molecule has 1 heterocycles. The molecule has 17 heavy (non-hydrogen) atoms. The van der Waals surface area contributed by atoms with E-state index in [0.717, 1.165) is 25.1 Å². The molecule has 0 aromatic carbocycles. The highest BCUT2D eigenvalue weighted by Crippen LogP contribution is 2.35. The third-order valence-electron chi connectivity index (χ3n) is 3.52. The van der Waals surface area contributed by atoms with Crippen molar-refractivity contribution in [3.8, 4) is 0 Å². The van der Waals surface area contributed by atoms with Crippen molar-refractivity contribution < 1.29 is 4.74 Å². The quantitative estimate of drug-likeness (QED) is 0.831. The van der Waals surface area contributed by atoms with Crippen molar-refractivity contribution in [1.82, 2.24) is 9.97 Å². The fourth-order valence-electron chi connectivity index (χ4n) is 2.48. The molecule has 1 aromatic heterocycles. The lowest BCUT2D eigenvalue weighted by atomic mass is 9.81. The van der Waals surface area contributed by atoms with Gasteiger partial charge in [-0.3, -0.25) is 0 Å². The van der Waals surface area contributed by atoms with Gasteiger partial charge in [0.1, 0.15) is 0 Å². The van der Waals surface area contributed by atoms with Crippen LogP contribution in [0.3, 0.4) is 0 Å². The van der Waals surface area contributed by atoms with Gasteiger partial charge in [-0.2, -0.15) is 0 Å². The predicted molar refractivity (Wildman–Crippen MR) is 67.4 cm³/mol. The molecule has 0 aliphatic heterocycles. The third-order valence-corrected chi connectivity index (χ3v) is 3.52. The number of aromatic nitrogens is 2. The second-order valence-corrected chi connectivity index (χ2v) is 4.74. The summed E-state index contributed by atoms with van der Waals surface area (Å²) >= 11 is 0. The first-order valence-electron chi connectivity index (χ1n) is 6.07. The van der Waals surface area contributed by atoms with E-state index in [4.69, 9.17) is 16.2 Å². The maximum Gasteiger partial charge on any atom is 0.166 e. The molecule has 5 heteroatoms. The van der Waals surface area contributed by atoms with E-state index in [2.05, 4.69) is 9.97 Å². The van der Waals surface area contributed by atoms with E-state index in [1.54, 1.807) is 13.3 Å². The molecule has 1 aliphatic carbocycles. The lowest BCUT2D eigenvalue weighted by molar-refractivity contribution is 0.127. The van der Waals surface area contributed by atoms with E-state index in [1.165, 1.54) is 12.8 Å². The summed E-state index contributed by atoms with van der Waals surface area (Å²) in [6.45, 7) is 0.863. The Labute approximate surface area is 102 Å². The average molecular weight is 236 g/mol. The second kappa shape index (κ2) is 5.31. The smallest absolute Gasteiger partial charge is 0.166 e. The summed E-state index contributed by atoms with van der Waals surface area (Å²) in [6.07, 6.45) is 6.39. The molecule has 5 nitrogen and oxygen atoms in total. The van der Waals surface area contributed by atoms with Crippen LogP contribution in [0, 0.1) is 5.92 Å². The van der Waals surface area contributed by atoms with Crippen molar-refractivity contribution in [1.29, 1.82) is 0 Å². The molecule has 0 amide bonds. The summed E-state index contributed by atoms with van der Waals surface area (Å²) in [6, 6.07) is 0. The highest BCUT2D eigenvalue weighted by atomic mass is 16.5. The minimum absolute atomic E-state index is 0.321. The number of nitrogen functional groups attached to an aromatic ring is 2. The van der Waals surface area contributed by atoms with Crippen LogP contribution in [0.5, 0.6) is 0 Å². The molecule has 0 unspecified atom stereocenters. The fourth-order valence-corrected chi connectivity index (χ4v) is 2.48. The normalized spacial score (nSPS) is 24.8. The van der Waals surface area contributed by atoms with Gasteiger partial charge in [-0.05, 0) is 31.6 Å². The number of hydrogen-bond acceptors (Lipinski definition) is 5. The average Bonchev–Trinajstić information content (AvgIpc) is 2.34. The van der Waals surface area contributed by atoms with Gasteiger partial charge in [-0.25, -0.2) is 9.97 Å². The van der Waals surface area contributed by atoms with Crippen LogP contribution < -0.4 is 11.5 Å². The zero-order chi connectivity index (χ0) is 12.3. The lowest BCUT2D eigenvalue weighted by Crippen LogP contribution is -2.18. The number of ether oxygens (including phenoxy) is 1. The van der Waals surface area contributed by atoms with Gasteiger partial charge >= 0.3 is 0 Å². The summed E-state index contributed by atoms with van der Waals surface area (Å²) in [4.78, 5) is 8.40. The number of nitrogens with zero attached hydrogens (tertiary/aromatic N) is 2. The maximum absolute atomic E-state index is 5.68. The molecule has 4 N–H and O–H groups in total. The second-order valence-electron chi connectivity index (χ2n) is 4.74. The number of rotatable bonds is 3. The van der Waals surface area contributed by atoms with Gasteiger partial charge in [-0.1, -0.05) is 0 Å². The number of anilines is 2.